The van der Waals surface area contributed by atoms with E-state index in [9.17, 15) is 0 Å². The molecule has 0 atom stereocenters. The third-order valence-electron chi connectivity index (χ3n) is 3.51. The molecule has 1 heteroatoms. The molecule has 0 bridgehead atoms. The van der Waals surface area contributed by atoms with E-state index in [-0.39, 0.29) is 0 Å². The van der Waals surface area contributed by atoms with E-state index in [1.54, 1.807) is 0 Å². The second kappa shape index (κ2) is 5.75. The van der Waals surface area contributed by atoms with Gasteiger partial charge in [0.15, 0.2) is 0 Å². The highest BCUT2D eigenvalue weighted by molar-refractivity contribution is 5.67. The molecule has 2 aromatic rings. The van der Waals surface area contributed by atoms with Gasteiger partial charge in [-0.3, -0.25) is 0 Å². The standard InChI is InChI=1S/C18H18O/c1-2-6-15(7-3-1)14-19-18-12-10-17(11-13-18)16-8-4-5-9-16/h1-3,6-8,10-13H,4-5,9,14H2. The monoisotopic (exact) mass is 250 g/mol. The molecule has 0 aromatic heterocycles. The van der Waals surface area contributed by atoms with Gasteiger partial charge in [0.05, 0.1) is 0 Å². The Labute approximate surface area is 114 Å². The van der Waals surface area contributed by atoms with Gasteiger partial charge in [-0.2, -0.15) is 0 Å². The van der Waals surface area contributed by atoms with Gasteiger partial charge >= 0.3 is 0 Å². The van der Waals surface area contributed by atoms with Gasteiger partial charge in [-0.15, -0.1) is 0 Å². The molecule has 0 radical (unpaired) electrons. The molecule has 0 saturated carbocycles. The fraction of sp³-hybridized carbons (Fsp3) is 0.222. The van der Waals surface area contributed by atoms with Crippen LogP contribution in [0.5, 0.6) is 5.75 Å². The summed E-state index contributed by atoms with van der Waals surface area (Å²) in [6.45, 7) is 0.628. The van der Waals surface area contributed by atoms with Gasteiger partial charge < -0.3 is 4.74 Å². The van der Waals surface area contributed by atoms with Crippen LogP contribution in [0.25, 0.3) is 5.57 Å². The van der Waals surface area contributed by atoms with Crippen molar-refractivity contribution in [2.24, 2.45) is 0 Å². The number of allylic oxidation sites excluding steroid dienone is 2. The average Bonchev–Trinajstić information content (AvgIpc) is 3.01. The van der Waals surface area contributed by atoms with Crippen molar-refractivity contribution in [3.05, 3.63) is 71.8 Å². The van der Waals surface area contributed by atoms with E-state index in [2.05, 4.69) is 42.5 Å². The van der Waals surface area contributed by atoms with Gasteiger partial charge in [-0.05, 0) is 48.1 Å². The van der Waals surface area contributed by atoms with Gasteiger partial charge in [0.1, 0.15) is 12.4 Å². The molecule has 2 aromatic carbocycles. The predicted octanol–water partition coefficient (Wildman–Crippen LogP) is 4.83. The van der Waals surface area contributed by atoms with Crippen molar-refractivity contribution >= 4 is 5.57 Å². The van der Waals surface area contributed by atoms with Gasteiger partial charge in [0.25, 0.3) is 0 Å². The summed E-state index contributed by atoms with van der Waals surface area (Å²) in [6, 6.07) is 18.7. The van der Waals surface area contributed by atoms with Gasteiger partial charge in [-0.1, -0.05) is 48.5 Å². The van der Waals surface area contributed by atoms with E-state index in [0.717, 1.165) is 5.75 Å². The summed E-state index contributed by atoms with van der Waals surface area (Å²) in [5, 5.41) is 0. The van der Waals surface area contributed by atoms with Crippen molar-refractivity contribution in [1.29, 1.82) is 0 Å². The highest BCUT2D eigenvalue weighted by Gasteiger charge is 2.06. The normalized spacial score (nSPS) is 14.2. The molecule has 0 heterocycles. The molecular formula is C18H18O. The summed E-state index contributed by atoms with van der Waals surface area (Å²) in [5.41, 5.74) is 4.02. The maximum Gasteiger partial charge on any atom is 0.119 e. The largest absolute Gasteiger partial charge is 0.489 e. The van der Waals surface area contributed by atoms with Gasteiger partial charge in [-0.25, -0.2) is 0 Å². The van der Waals surface area contributed by atoms with Crippen LogP contribution in [-0.4, -0.2) is 0 Å². The maximum absolute atomic E-state index is 5.79. The molecule has 0 N–H and O–H groups in total. The molecule has 0 spiro atoms. The van der Waals surface area contributed by atoms with Crippen molar-refractivity contribution in [3.63, 3.8) is 0 Å². The fourth-order valence-electron chi connectivity index (χ4n) is 2.44. The summed E-state index contributed by atoms with van der Waals surface area (Å²) in [7, 11) is 0. The zero-order chi connectivity index (χ0) is 12.9. The molecule has 96 valence electrons. The van der Waals surface area contributed by atoms with E-state index >= 15 is 0 Å². The van der Waals surface area contributed by atoms with Crippen LogP contribution in [0, 0.1) is 0 Å². The first kappa shape index (κ1) is 12.0. The Morgan fingerprint density at radius 1 is 0.895 bits per heavy atom. The first-order valence-electron chi connectivity index (χ1n) is 6.88. The molecule has 0 amide bonds. The zero-order valence-electron chi connectivity index (χ0n) is 11.0. The third-order valence-corrected chi connectivity index (χ3v) is 3.51. The van der Waals surface area contributed by atoms with Crippen molar-refractivity contribution < 1.29 is 4.74 Å². The van der Waals surface area contributed by atoms with Crippen LogP contribution < -0.4 is 4.74 Å². The Balaban J connectivity index is 1.63. The van der Waals surface area contributed by atoms with Crippen LogP contribution in [0.2, 0.25) is 0 Å². The SMILES string of the molecule is C1=C(c2ccc(OCc3ccccc3)cc2)CCC1. The summed E-state index contributed by atoms with van der Waals surface area (Å²) in [4.78, 5) is 0. The highest BCUT2D eigenvalue weighted by atomic mass is 16.5. The Morgan fingerprint density at radius 2 is 1.68 bits per heavy atom. The first-order chi connectivity index (χ1) is 9.42. The van der Waals surface area contributed by atoms with E-state index in [0.29, 0.717) is 6.61 Å². The first-order valence-corrected chi connectivity index (χ1v) is 6.88. The second-order valence-corrected chi connectivity index (χ2v) is 4.92. The second-order valence-electron chi connectivity index (χ2n) is 4.92. The minimum atomic E-state index is 0.628. The highest BCUT2D eigenvalue weighted by Crippen LogP contribution is 2.28. The van der Waals surface area contributed by atoms with Crippen LogP contribution >= 0.6 is 0 Å². The summed E-state index contributed by atoms with van der Waals surface area (Å²) in [6.07, 6.45) is 6.08. The fourth-order valence-corrected chi connectivity index (χ4v) is 2.44. The van der Waals surface area contributed by atoms with Crippen LogP contribution in [0.4, 0.5) is 0 Å². The van der Waals surface area contributed by atoms with Gasteiger partial charge in [0.2, 0.25) is 0 Å². The Morgan fingerprint density at radius 3 is 2.37 bits per heavy atom. The van der Waals surface area contributed by atoms with E-state index < -0.39 is 0 Å². The van der Waals surface area contributed by atoms with E-state index in [1.807, 2.05) is 18.2 Å². The molecular weight excluding hydrogens is 232 g/mol. The number of benzene rings is 2. The Kier molecular flexibility index (Phi) is 3.64. The minimum absolute atomic E-state index is 0.628. The number of ether oxygens (including phenoxy) is 1. The lowest BCUT2D eigenvalue weighted by atomic mass is 10.1. The molecule has 3 rings (SSSR count). The molecule has 1 aliphatic rings. The predicted molar refractivity (Wildman–Crippen MR) is 79.0 cm³/mol. The van der Waals surface area contributed by atoms with Crippen molar-refractivity contribution in [3.8, 4) is 5.75 Å². The van der Waals surface area contributed by atoms with Crippen LogP contribution in [0.3, 0.4) is 0 Å². The van der Waals surface area contributed by atoms with E-state index in [1.165, 1.54) is 36.0 Å². The number of hydrogen-bond donors (Lipinski definition) is 0. The van der Waals surface area contributed by atoms with Crippen LogP contribution in [0.15, 0.2) is 60.7 Å². The van der Waals surface area contributed by atoms with Crippen molar-refractivity contribution in [2.45, 2.75) is 25.9 Å². The average molecular weight is 250 g/mol. The molecule has 0 saturated heterocycles. The third kappa shape index (κ3) is 3.05. The lowest BCUT2D eigenvalue weighted by Crippen LogP contribution is -1.94. The summed E-state index contributed by atoms with van der Waals surface area (Å²) >= 11 is 0. The molecule has 19 heavy (non-hydrogen) atoms. The quantitative estimate of drug-likeness (QED) is 0.755. The molecule has 0 unspecified atom stereocenters. The van der Waals surface area contributed by atoms with E-state index in [4.69, 9.17) is 4.74 Å². The van der Waals surface area contributed by atoms with Crippen LogP contribution in [0.1, 0.15) is 30.4 Å². The summed E-state index contributed by atoms with van der Waals surface area (Å²) in [5.74, 6) is 0.936. The Bertz CT molecular complexity index is 552. The van der Waals surface area contributed by atoms with Gasteiger partial charge in [0, 0.05) is 0 Å². The van der Waals surface area contributed by atoms with Crippen molar-refractivity contribution in [1.82, 2.24) is 0 Å². The lowest BCUT2D eigenvalue weighted by molar-refractivity contribution is 0.306. The zero-order valence-corrected chi connectivity index (χ0v) is 11.0. The van der Waals surface area contributed by atoms with Crippen LogP contribution in [-0.2, 0) is 6.61 Å². The number of hydrogen-bond acceptors (Lipinski definition) is 1. The number of rotatable bonds is 4. The lowest BCUT2D eigenvalue weighted by Gasteiger charge is -2.08. The smallest absolute Gasteiger partial charge is 0.119 e. The summed E-state index contributed by atoms with van der Waals surface area (Å²) < 4.78 is 5.79. The Hall–Kier alpha value is -2.02. The minimum Gasteiger partial charge on any atom is -0.489 e. The molecule has 1 nitrogen and oxygen atoms in total. The van der Waals surface area contributed by atoms with Crippen molar-refractivity contribution in [2.75, 3.05) is 0 Å². The molecule has 0 fully saturated rings. The molecule has 1 aliphatic carbocycles. The topological polar surface area (TPSA) is 9.23 Å². The maximum atomic E-state index is 5.79. The molecule has 0 aliphatic heterocycles.